The first-order chi connectivity index (χ1) is 7.24. The molecule has 0 radical (unpaired) electrons. The molecule has 2 unspecified atom stereocenters. The molecule has 5 nitrogen and oxygen atoms in total. The summed E-state index contributed by atoms with van der Waals surface area (Å²) in [7, 11) is 0. The zero-order chi connectivity index (χ0) is 10.8. The van der Waals surface area contributed by atoms with Crippen molar-refractivity contribution in [3.8, 4) is 0 Å². The number of nitrogens with zero attached hydrogens (tertiary/aromatic N) is 3. The molecule has 2 N–H and O–H groups in total. The molecule has 0 bridgehead atoms. The molecule has 0 amide bonds. The second kappa shape index (κ2) is 4.28. The van der Waals surface area contributed by atoms with Gasteiger partial charge in [0.05, 0.1) is 18.7 Å². The predicted molar refractivity (Wildman–Crippen MR) is 56.5 cm³/mol. The van der Waals surface area contributed by atoms with Crippen molar-refractivity contribution in [3.63, 3.8) is 0 Å². The van der Waals surface area contributed by atoms with Crippen molar-refractivity contribution in [2.24, 2.45) is 0 Å². The molecule has 2 rings (SSSR count). The van der Waals surface area contributed by atoms with E-state index in [9.17, 15) is 5.11 Å². The van der Waals surface area contributed by atoms with E-state index < -0.39 is 0 Å². The maximum absolute atomic E-state index is 9.20. The van der Waals surface area contributed by atoms with Crippen LogP contribution in [0.2, 0.25) is 0 Å². The normalized spacial score (nSPS) is 23.3. The standard InChI is InChI=1S/C10H18N4O/c1-7(6-15)14-8(2)12-13-10(14)9-4-3-5-11-9/h7,9,11,15H,3-6H2,1-2H3. The summed E-state index contributed by atoms with van der Waals surface area (Å²) in [5.41, 5.74) is 0. The third kappa shape index (κ3) is 1.89. The van der Waals surface area contributed by atoms with Crippen molar-refractivity contribution in [1.82, 2.24) is 20.1 Å². The molecule has 1 saturated heterocycles. The monoisotopic (exact) mass is 210 g/mol. The molecule has 1 aromatic heterocycles. The smallest absolute Gasteiger partial charge is 0.150 e. The number of hydrogen-bond acceptors (Lipinski definition) is 4. The third-order valence-electron chi connectivity index (χ3n) is 2.97. The average Bonchev–Trinajstić information content (AvgIpc) is 2.85. The van der Waals surface area contributed by atoms with Crippen LogP contribution in [-0.2, 0) is 0 Å². The Morgan fingerprint density at radius 1 is 1.60 bits per heavy atom. The third-order valence-corrected chi connectivity index (χ3v) is 2.97. The van der Waals surface area contributed by atoms with Gasteiger partial charge in [0.25, 0.3) is 0 Å². The van der Waals surface area contributed by atoms with Crippen LogP contribution in [0.1, 0.15) is 43.5 Å². The lowest BCUT2D eigenvalue weighted by atomic mass is 10.2. The number of hydrogen-bond donors (Lipinski definition) is 2. The van der Waals surface area contributed by atoms with Crippen molar-refractivity contribution in [2.75, 3.05) is 13.2 Å². The average molecular weight is 210 g/mol. The molecule has 15 heavy (non-hydrogen) atoms. The molecule has 84 valence electrons. The quantitative estimate of drug-likeness (QED) is 0.765. The second-order valence-corrected chi connectivity index (χ2v) is 4.16. The first-order valence-electron chi connectivity index (χ1n) is 5.49. The van der Waals surface area contributed by atoms with Gasteiger partial charge in [-0.2, -0.15) is 0 Å². The van der Waals surface area contributed by atoms with E-state index in [1.165, 1.54) is 6.42 Å². The predicted octanol–water partition coefficient (Wildman–Crippen LogP) is 0.564. The Balaban J connectivity index is 2.30. The molecule has 0 spiro atoms. The van der Waals surface area contributed by atoms with Gasteiger partial charge in [0.1, 0.15) is 5.82 Å². The lowest BCUT2D eigenvalue weighted by Gasteiger charge is -2.17. The summed E-state index contributed by atoms with van der Waals surface area (Å²) in [6.45, 7) is 5.08. The maximum atomic E-state index is 9.20. The number of aliphatic hydroxyl groups excluding tert-OH is 1. The summed E-state index contributed by atoms with van der Waals surface area (Å²) in [4.78, 5) is 0. The molecule has 1 aliphatic heterocycles. The van der Waals surface area contributed by atoms with E-state index in [1.54, 1.807) is 0 Å². The van der Waals surface area contributed by atoms with Crippen molar-refractivity contribution >= 4 is 0 Å². The van der Waals surface area contributed by atoms with Crippen molar-refractivity contribution in [1.29, 1.82) is 0 Å². The molecular formula is C10H18N4O. The van der Waals surface area contributed by atoms with Gasteiger partial charge in [-0.15, -0.1) is 10.2 Å². The number of aliphatic hydroxyl groups is 1. The van der Waals surface area contributed by atoms with Crippen LogP contribution in [0.4, 0.5) is 0 Å². The lowest BCUT2D eigenvalue weighted by molar-refractivity contribution is 0.232. The summed E-state index contributed by atoms with van der Waals surface area (Å²) >= 11 is 0. The van der Waals surface area contributed by atoms with Crippen LogP contribution in [0.25, 0.3) is 0 Å². The first-order valence-corrected chi connectivity index (χ1v) is 5.49. The van der Waals surface area contributed by atoms with Gasteiger partial charge in [0.2, 0.25) is 0 Å². The first kappa shape index (κ1) is 10.6. The summed E-state index contributed by atoms with van der Waals surface area (Å²) in [6, 6.07) is 0.359. The van der Waals surface area contributed by atoms with Crippen molar-refractivity contribution in [3.05, 3.63) is 11.6 Å². The van der Waals surface area contributed by atoms with Crippen molar-refractivity contribution in [2.45, 2.75) is 38.8 Å². The van der Waals surface area contributed by atoms with E-state index in [0.29, 0.717) is 6.04 Å². The lowest BCUT2D eigenvalue weighted by Crippen LogP contribution is -2.21. The Kier molecular flexibility index (Phi) is 3.02. The number of rotatable bonds is 3. The number of nitrogens with one attached hydrogen (secondary N) is 1. The van der Waals surface area contributed by atoms with E-state index in [1.807, 2.05) is 18.4 Å². The molecule has 0 saturated carbocycles. The van der Waals surface area contributed by atoms with Gasteiger partial charge in [-0.3, -0.25) is 0 Å². The van der Waals surface area contributed by atoms with Gasteiger partial charge in [0, 0.05) is 0 Å². The molecule has 1 aromatic rings. The van der Waals surface area contributed by atoms with Gasteiger partial charge < -0.3 is 15.0 Å². The Morgan fingerprint density at radius 2 is 2.40 bits per heavy atom. The minimum Gasteiger partial charge on any atom is -0.394 e. The Hall–Kier alpha value is -0.940. The number of aromatic nitrogens is 3. The molecule has 0 aliphatic carbocycles. The molecule has 0 aromatic carbocycles. The molecule has 2 atom stereocenters. The van der Waals surface area contributed by atoms with Crippen LogP contribution in [0.3, 0.4) is 0 Å². The SMILES string of the molecule is Cc1nnc(C2CCCN2)n1C(C)CO. The fraction of sp³-hybridized carbons (Fsp3) is 0.800. The zero-order valence-electron chi connectivity index (χ0n) is 9.27. The van der Waals surface area contributed by atoms with E-state index in [0.717, 1.165) is 24.6 Å². The summed E-state index contributed by atoms with van der Waals surface area (Å²) in [6.07, 6.45) is 2.29. The largest absolute Gasteiger partial charge is 0.394 e. The highest BCUT2D eigenvalue weighted by atomic mass is 16.3. The Morgan fingerprint density at radius 3 is 3.00 bits per heavy atom. The van der Waals surface area contributed by atoms with Gasteiger partial charge >= 0.3 is 0 Å². The van der Waals surface area contributed by atoms with E-state index in [2.05, 4.69) is 15.5 Å². The van der Waals surface area contributed by atoms with Crippen LogP contribution >= 0.6 is 0 Å². The van der Waals surface area contributed by atoms with E-state index in [-0.39, 0.29) is 12.6 Å². The molecular weight excluding hydrogens is 192 g/mol. The van der Waals surface area contributed by atoms with Crippen LogP contribution in [0.15, 0.2) is 0 Å². The number of aryl methyl sites for hydroxylation is 1. The molecule has 5 heteroatoms. The zero-order valence-corrected chi connectivity index (χ0v) is 9.27. The highest BCUT2D eigenvalue weighted by molar-refractivity contribution is 5.04. The van der Waals surface area contributed by atoms with Crippen LogP contribution in [0.5, 0.6) is 0 Å². The van der Waals surface area contributed by atoms with Gasteiger partial charge in [0.15, 0.2) is 5.82 Å². The van der Waals surface area contributed by atoms with Crippen molar-refractivity contribution < 1.29 is 5.11 Å². The fourth-order valence-corrected chi connectivity index (χ4v) is 2.15. The van der Waals surface area contributed by atoms with E-state index in [4.69, 9.17) is 0 Å². The molecule has 2 heterocycles. The van der Waals surface area contributed by atoms with Gasteiger partial charge in [-0.05, 0) is 33.2 Å². The summed E-state index contributed by atoms with van der Waals surface area (Å²) in [5, 5.41) is 20.9. The topological polar surface area (TPSA) is 63.0 Å². The second-order valence-electron chi connectivity index (χ2n) is 4.16. The van der Waals surface area contributed by atoms with Crippen LogP contribution in [-0.4, -0.2) is 33.0 Å². The Bertz CT molecular complexity index is 330. The Labute approximate surface area is 89.5 Å². The van der Waals surface area contributed by atoms with Crippen LogP contribution in [0, 0.1) is 6.92 Å². The van der Waals surface area contributed by atoms with Gasteiger partial charge in [-0.1, -0.05) is 0 Å². The minimum atomic E-state index is 0.0531. The maximum Gasteiger partial charge on any atom is 0.150 e. The summed E-state index contributed by atoms with van der Waals surface area (Å²) < 4.78 is 2.03. The highest BCUT2D eigenvalue weighted by Gasteiger charge is 2.24. The summed E-state index contributed by atoms with van der Waals surface area (Å²) in [5.74, 6) is 1.84. The van der Waals surface area contributed by atoms with E-state index >= 15 is 0 Å². The molecule has 1 aliphatic rings. The molecule has 1 fully saturated rings. The van der Waals surface area contributed by atoms with Gasteiger partial charge in [-0.25, -0.2) is 0 Å². The highest BCUT2D eigenvalue weighted by Crippen LogP contribution is 2.24. The minimum absolute atomic E-state index is 0.0531. The van der Waals surface area contributed by atoms with Crippen LogP contribution < -0.4 is 5.32 Å². The fourth-order valence-electron chi connectivity index (χ4n) is 2.15.